The van der Waals surface area contributed by atoms with Gasteiger partial charge in [0.25, 0.3) is 0 Å². The Kier molecular flexibility index (Phi) is 5.92. The summed E-state index contributed by atoms with van der Waals surface area (Å²) < 4.78 is 0. The summed E-state index contributed by atoms with van der Waals surface area (Å²) in [7, 11) is 0. The molecule has 0 heterocycles. The second-order valence-corrected chi connectivity index (χ2v) is 6.91. The molecule has 1 N–H and O–H groups in total. The maximum Gasteiger partial charge on any atom is 0.0406 e. The molecule has 2 rings (SSSR count). The van der Waals surface area contributed by atoms with Crippen LogP contribution in [0.2, 0.25) is 5.02 Å². The molecule has 0 bridgehead atoms. The van der Waals surface area contributed by atoms with E-state index in [9.17, 15) is 0 Å². The van der Waals surface area contributed by atoms with E-state index in [1.807, 2.05) is 12.1 Å². The second-order valence-electron chi connectivity index (χ2n) is 6.48. The van der Waals surface area contributed by atoms with Gasteiger partial charge < -0.3 is 5.32 Å². The highest BCUT2D eigenvalue weighted by Crippen LogP contribution is 2.32. The first-order chi connectivity index (χ1) is 9.61. The Morgan fingerprint density at radius 3 is 2.40 bits per heavy atom. The van der Waals surface area contributed by atoms with Crippen LogP contribution in [0.15, 0.2) is 24.3 Å². The average Bonchev–Trinajstić information content (AvgIpc) is 2.46. The number of rotatable bonds is 5. The van der Waals surface area contributed by atoms with Gasteiger partial charge in [-0.3, -0.25) is 0 Å². The predicted molar refractivity (Wildman–Crippen MR) is 88.2 cm³/mol. The SMILES string of the molecule is CCC(NC1CCCCC1C(C)C)c1ccc(Cl)cc1. The summed E-state index contributed by atoms with van der Waals surface area (Å²) in [6.07, 6.45) is 6.61. The molecule has 0 radical (unpaired) electrons. The molecule has 0 amide bonds. The molecular weight excluding hydrogens is 266 g/mol. The van der Waals surface area contributed by atoms with Crippen molar-refractivity contribution in [2.24, 2.45) is 11.8 Å². The fourth-order valence-electron chi connectivity index (χ4n) is 3.57. The molecule has 3 unspecified atom stereocenters. The third-order valence-electron chi connectivity index (χ3n) is 4.77. The lowest BCUT2D eigenvalue weighted by atomic mass is 9.77. The van der Waals surface area contributed by atoms with Gasteiger partial charge in [0, 0.05) is 17.1 Å². The summed E-state index contributed by atoms with van der Waals surface area (Å²) in [6.45, 7) is 7.00. The number of hydrogen-bond acceptors (Lipinski definition) is 1. The lowest BCUT2D eigenvalue weighted by Gasteiger charge is -2.37. The lowest BCUT2D eigenvalue weighted by molar-refractivity contribution is 0.191. The molecular formula is C18H28ClN. The van der Waals surface area contributed by atoms with E-state index in [0.717, 1.165) is 23.3 Å². The number of benzene rings is 1. The largest absolute Gasteiger partial charge is 0.307 e. The Labute approximate surface area is 129 Å². The molecule has 0 spiro atoms. The zero-order valence-corrected chi connectivity index (χ0v) is 13.8. The topological polar surface area (TPSA) is 12.0 Å². The third-order valence-corrected chi connectivity index (χ3v) is 5.02. The molecule has 0 aliphatic heterocycles. The van der Waals surface area contributed by atoms with E-state index in [1.54, 1.807) is 0 Å². The van der Waals surface area contributed by atoms with Crippen molar-refractivity contribution < 1.29 is 0 Å². The van der Waals surface area contributed by atoms with Gasteiger partial charge in [-0.2, -0.15) is 0 Å². The van der Waals surface area contributed by atoms with Crippen molar-refractivity contribution in [3.8, 4) is 0 Å². The first kappa shape index (κ1) is 15.9. The zero-order chi connectivity index (χ0) is 14.5. The smallest absolute Gasteiger partial charge is 0.0406 e. The molecule has 2 heteroatoms. The monoisotopic (exact) mass is 293 g/mol. The fourth-order valence-corrected chi connectivity index (χ4v) is 3.69. The molecule has 1 aliphatic carbocycles. The first-order valence-corrected chi connectivity index (χ1v) is 8.51. The Morgan fingerprint density at radius 2 is 1.80 bits per heavy atom. The fraction of sp³-hybridized carbons (Fsp3) is 0.667. The van der Waals surface area contributed by atoms with E-state index < -0.39 is 0 Å². The van der Waals surface area contributed by atoms with E-state index in [2.05, 4.69) is 38.2 Å². The van der Waals surface area contributed by atoms with E-state index >= 15 is 0 Å². The van der Waals surface area contributed by atoms with Crippen molar-refractivity contribution in [1.82, 2.24) is 5.32 Å². The maximum atomic E-state index is 6.00. The number of hydrogen-bond donors (Lipinski definition) is 1. The van der Waals surface area contributed by atoms with Gasteiger partial charge in [-0.1, -0.05) is 57.3 Å². The zero-order valence-electron chi connectivity index (χ0n) is 13.0. The Balaban J connectivity index is 2.06. The molecule has 3 atom stereocenters. The minimum Gasteiger partial charge on any atom is -0.307 e. The van der Waals surface area contributed by atoms with Crippen molar-refractivity contribution >= 4 is 11.6 Å². The van der Waals surface area contributed by atoms with E-state index in [1.165, 1.54) is 31.2 Å². The molecule has 0 saturated heterocycles. The van der Waals surface area contributed by atoms with Crippen molar-refractivity contribution in [3.05, 3.63) is 34.9 Å². The van der Waals surface area contributed by atoms with Crippen LogP contribution in [0.3, 0.4) is 0 Å². The van der Waals surface area contributed by atoms with E-state index in [0.29, 0.717) is 12.1 Å². The summed E-state index contributed by atoms with van der Waals surface area (Å²) in [5.41, 5.74) is 1.37. The second kappa shape index (κ2) is 7.47. The van der Waals surface area contributed by atoms with Crippen molar-refractivity contribution in [3.63, 3.8) is 0 Å². The van der Waals surface area contributed by atoms with Crippen LogP contribution in [-0.4, -0.2) is 6.04 Å². The summed E-state index contributed by atoms with van der Waals surface area (Å²) in [5, 5.41) is 4.75. The molecule has 1 nitrogen and oxygen atoms in total. The number of halogens is 1. The van der Waals surface area contributed by atoms with Gasteiger partial charge in [-0.15, -0.1) is 0 Å². The molecule has 20 heavy (non-hydrogen) atoms. The Morgan fingerprint density at radius 1 is 1.15 bits per heavy atom. The Hall–Kier alpha value is -0.530. The standard InChI is InChI=1S/C18H28ClN/c1-4-17(14-9-11-15(19)12-10-14)20-18-8-6-5-7-16(18)13(2)3/h9-13,16-18,20H,4-8H2,1-3H3. The van der Waals surface area contributed by atoms with E-state index in [4.69, 9.17) is 11.6 Å². The summed E-state index contributed by atoms with van der Waals surface area (Å²) in [5.74, 6) is 1.60. The van der Waals surface area contributed by atoms with Gasteiger partial charge in [-0.25, -0.2) is 0 Å². The van der Waals surface area contributed by atoms with Crippen LogP contribution in [0.1, 0.15) is 64.5 Å². The van der Waals surface area contributed by atoms with Crippen LogP contribution < -0.4 is 5.32 Å². The van der Waals surface area contributed by atoms with Crippen molar-refractivity contribution in [1.29, 1.82) is 0 Å². The highest BCUT2D eigenvalue weighted by molar-refractivity contribution is 6.30. The van der Waals surface area contributed by atoms with Gasteiger partial charge in [0.05, 0.1) is 0 Å². The van der Waals surface area contributed by atoms with Crippen LogP contribution >= 0.6 is 11.6 Å². The summed E-state index contributed by atoms with van der Waals surface area (Å²) in [4.78, 5) is 0. The number of nitrogens with one attached hydrogen (secondary N) is 1. The highest BCUT2D eigenvalue weighted by Gasteiger charge is 2.28. The molecule has 1 fully saturated rings. The summed E-state index contributed by atoms with van der Waals surface area (Å²) >= 11 is 6.00. The van der Waals surface area contributed by atoms with Gasteiger partial charge in [-0.05, 0) is 48.8 Å². The lowest BCUT2D eigenvalue weighted by Crippen LogP contribution is -2.42. The maximum absolute atomic E-state index is 6.00. The van der Waals surface area contributed by atoms with E-state index in [-0.39, 0.29) is 0 Å². The summed E-state index contributed by atoms with van der Waals surface area (Å²) in [6, 6.07) is 9.46. The van der Waals surface area contributed by atoms with Crippen LogP contribution in [0.4, 0.5) is 0 Å². The minimum atomic E-state index is 0.455. The quantitative estimate of drug-likeness (QED) is 0.745. The van der Waals surface area contributed by atoms with Crippen LogP contribution in [0, 0.1) is 11.8 Å². The van der Waals surface area contributed by atoms with Crippen LogP contribution in [0.25, 0.3) is 0 Å². The molecule has 112 valence electrons. The predicted octanol–water partition coefficient (Wildman–Crippen LogP) is 5.60. The van der Waals surface area contributed by atoms with Crippen molar-refractivity contribution in [2.45, 2.75) is 65.0 Å². The van der Waals surface area contributed by atoms with Crippen LogP contribution in [0.5, 0.6) is 0 Å². The molecule has 0 aromatic heterocycles. The van der Waals surface area contributed by atoms with Crippen LogP contribution in [-0.2, 0) is 0 Å². The van der Waals surface area contributed by atoms with Gasteiger partial charge >= 0.3 is 0 Å². The molecule has 1 aromatic carbocycles. The molecule has 1 saturated carbocycles. The van der Waals surface area contributed by atoms with Gasteiger partial charge in [0.2, 0.25) is 0 Å². The average molecular weight is 294 g/mol. The third kappa shape index (κ3) is 3.99. The molecule has 1 aromatic rings. The first-order valence-electron chi connectivity index (χ1n) is 8.13. The highest BCUT2D eigenvalue weighted by atomic mass is 35.5. The van der Waals surface area contributed by atoms with Gasteiger partial charge in [0.15, 0.2) is 0 Å². The molecule has 1 aliphatic rings. The normalized spacial score (nSPS) is 24.9. The minimum absolute atomic E-state index is 0.455. The van der Waals surface area contributed by atoms with Crippen molar-refractivity contribution in [2.75, 3.05) is 0 Å². The van der Waals surface area contributed by atoms with Gasteiger partial charge in [0.1, 0.15) is 0 Å². The Bertz CT molecular complexity index is 398.